The zero-order chi connectivity index (χ0) is 13.5. The zero-order valence-electron chi connectivity index (χ0n) is 10.7. The fourth-order valence-corrected chi connectivity index (χ4v) is 1.59. The number of rotatable bonds is 4. The van der Waals surface area contributed by atoms with Crippen molar-refractivity contribution in [2.24, 2.45) is 4.99 Å². The second kappa shape index (κ2) is 6.36. The summed E-state index contributed by atoms with van der Waals surface area (Å²) in [6.07, 6.45) is 1.77. The van der Waals surface area contributed by atoms with Crippen LogP contribution < -0.4 is 4.74 Å². The SMILES string of the molecule is CCOc1ccc(N=Cc2ccc(C#N)cc2)cc1. The van der Waals surface area contributed by atoms with Crippen molar-refractivity contribution in [2.45, 2.75) is 6.92 Å². The van der Waals surface area contributed by atoms with Gasteiger partial charge < -0.3 is 4.74 Å². The molecular weight excluding hydrogens is 236 g/mol. The highest BCUT2D eigenvalue weighted by Crippen LogP contribution is 2.18. The van der Waals surface area contributed by atoms with Crippen LogP contribution in [0.25, 0.3) is 0 Å². The molecule has 2 aromatic rings. The minimum absolute atomic E-state index is 0.651. The fraction of sp³-hybridized carbons (Fsp3) is 0.125. The Kier molecular flexibility index (Phi) is 4.30. The number of benzene rings is 2. The molecule has 3 heteroatoms. The zero-order valence-corrected chi connectivity index (χ0v) is 10.7. The number of hydrogen-bond donors (Lipinski definition) is 0. The minimum Gasteiger partial charge on any atom is -0.494 e. The largest absolute Gasteiger partial charge is 0.494 e. The van der Waals surface area contributed by atoms with Crippen molar-refractivity contribution in [2.75, 3.05) is 6.61 Å². The van der Waals surface area contributed by atoms with Gasteiger partial charge in [-0.1, -0.05) is 12.1 Å². The Bertz CT molecular complexity index is 592. The van der Waals surface area contributed by atoms with Crippen LogP contribution in [0.15, 0.2) is 53.5 Å². The topological polar surface area (TPSA) is 45.4 Å². The van der Waals surface area contributed by atoms with E-state index >= 15 is 0 Å². The first-order valence-electron chi connectivity index (χ1n) is 6.09. The summed E-state index contributed by atoms with van der Waals surface area (Å²) in [5.41, 5.74) is 2.49. The number of hydrogen-bond acceptors (Lipinski definition) is 3. The van der Waals surface area contributed by atoms with Crippen LogP contribution in [-0.2, 0) is 0 Å². The summed E-state index contributed by atoms with van der Waals surface area (Å²) in [5, 5.41) is 8.71. The van der Waals surface area contributed by atoms with E-state index in [9.17, 15) is 0 Å². The van der Waals surface area contributed by atoms with Crippen molar-refractivity contribution < 1.29 is 4.74 Å². The van der Waals surface area contributed by atoms with E-state index in [0.717, 1.165) is 17.0 Å². The standard InChI is InChI=1S/C16H14N2O/c1-2-19-16-9-7-15(8-10-16)18-12-14-5-3-13(11-17)4-6-14/h3-10,12H,2H2,1H3. The maximum atomic E-state index is 8.71. The van der Waals surface area contributed by atoms with Gasteiger partial charge in [-0.3, -0.25) is 4.99 Å². The van der Waals surface area contributed by atoms with E-state index < -0.39 is 0 Å². The smallest absolute Gasteiger partial charge is 0.119 e. The summed E-state index contributed by atoms with van der Waals surface area (Å²) < 4.78 is 5.37. The van der Waals surface area contributed by atoms with Gasteiger partial charge in [-0.15, -0.1) is 0 Å². The van der Waals surface area contributed by atoms with Crippen molar-refractivity contribution in [1.29, 1.82) is 5.26 Å². The molecule has 0 aromatic heterocycles. The Morgan fingerprint density at radius 1 is 1.11 bits per heavy atom. The number of nitrogens with zero attached hydrogens (tertiary/aromatic N) is 2. The lowest BCUT2D eigenvalue weighted by atomic mass is 10.2. The molecule has 0 aliphatic carbocycles. The third-order valence-electron chi connectivity index (χ3n) is 2.55. The molecule has 0 aliphatic rings. The number of aliphatic imine (C=N–C) groups is 1. The normalized spacial score (nSPS) is 10.3. The van der Waals surface area contributed by atoms with Gasteiger partial charge in [-0.2, -0.15) is 5.26 Å². The summed E-state index contributed by atoms with van der Waals surface area (Å²) in [6.45, 7) is 2.62. The third-order valence-corrected chi connectivity index (χ3v) is 2.55. The molecule has 2 rings (SSSR count). The first kappa shape index (κ1) is 12.8. The van der Waals surface area contributed by atoms with Gasteiger partial charge in [0.2, 0.25) is 0 Å². The van der Waals surface area contributed by atoms with Crippen molar-refractivity contribution in [3.63, 3.8) is 0 Å². The number of nitriles is 1. The predicted octanol–water partition coefficient (Wildman–Crippen LogP) is 3.71. The van der Waals surface area contributed by atoms with Crippen molar-refractivity contribution in [3.05, 3.63) is 59.7 Å². The fourth-order valence-electron chi connectivity index (χ4n) is 1.59. The van der Waals surface area contributed by atoms with Crippen LogP contribution in [0.1, 0.15) is 18.1 Å². The van der Waals surface area contributed by atoms with Crippen LogP contribution in [0.4, 0.5) is 5.69 Å². The molecule has 0 atom stereocenters. The molecule has 0 bridgehead atoms. The molecule has 94 valence electrons. The second-order valence-corrected chi connectivity index (χ2v) is 3.92. The molecule has 0 unspecified atom stereocenters. The van der Waals surface area contributed by atoms with Crippen LogP contribution in [0.3, 0.4) is 0 Å². The predicted molar refractivity (Wildman–Crippen MR) is 76.0 cm³/mol. The maximum absolute atomic E-state index is 8.71. The quantitative estimate of drug-likeness (QED) is 0.776. The third kappa shape index (κ3) is 3.68. The molecule has 0 saturated heterocycles. The Balaban J connectivity index is 2.07. The molecule has 0 N–H and O–H groups in total. The maximum Gasteiger partial charge on any atom is 0.119 e. The van der Waals surface area contributed by atoms with Gasteiger partial charge in [0.25, 0.3) is 0 Å². The minimum atomic E-state index is 0.651. The molecule has 0 radical (unpaired) electrons. The second-order valence-electron chi connectivity index (χ2n) is 3.92. The average Bonchev–Trinajstić information content (AvgIpc) is 2.47. The highest BCUT2D eigenvalue weighted by atomic mass is 16.5. The van der Waals surface area contributed by atoms with Gasteiger partial charge in [0.1, 0.15) is 5.75 Å². The van der Waals surface area contributed by atoms with E-state index in [-0.39, 0.29) is 0 Å². The molecule has 0 saturated carbocycles. The summed E-state index contributed by atoms with van der Waals surface area (Å²) >= 11 is 0. The van der Waals surface area contributed by atoms with Gasteiger partial charge in [0.05, 0.1) is 23.9 Å². The van der Waals surface area contributed by atoms with E-state index in [1.54, 1.807) is 18.3 Å². The molecular formula is C16H14N2O. The molecule has 0 fully saturated rings. The highest BCUT2D eigenvalue weighted by Gasteiger charge is 1.93. The molecule has 2 aromatic carbocycles. The first-order valence-corrected chi connectivity index (χ1v) is 6.09. The Morgan fingerprint density at radius 3 is 2.37 bits per heavy atom. The van der Waals surface area contributed by atoms with Crippen LogP contribution in [0.5, 0.6) is 5.75 Å². The first-order chi connectivity index (χ1) is 9.31. The van der Waals surface area contributed by atoms with E-state index in [0.29, 0.717) is 12.2 Å². The average molecular weight is 250 g/mol. The van der Waals surface area contributed by atoms with Crippen molar-refractivity contribution in [1.82, 2.24) is 0 Å². The van der Waals surface area contributed by atoms with Crippen LogP contribution in [0, 0.1) is 11.3 Å². The van der Waals surface area contributed by atoms with Gasteiger partial charge in [-0.25, -0.2) is 0 Å². The van der Waals surface area contributed by atoms with Gasteiger partial charge in [0.15, 0.2) is 0 Å². The summed E-state index contributed by atoms with van der Waals surface area (Å²) in [7, 11) is 0. The van der Waals surface area contributed by atoms with E-state index in [2.05, 4.69) is 11.1 Å². The summed E-state index contributed by atoms with van der Waals surface area (Å²) in [5.74, 6) is 0.847. The summed E-state index contributed by atoms with van der Waals surface area (Å²) in [4.78, 5) is 4.37. The number of ether oxygens (including phenoxy) is 1. The molecule has 3 nitrogen and oxygen atoms in total. The molecule has 19 heavy (non-hydrogen) atoms. The lowest BCUT2D eigenvalue weighted by molar-refractivity contribution is 0.340. The van der Waals surface area contributed by atoms with Gasteiger partial charge >= 0.3 is 0 Å². The Hall–Kier alpha value is -2.60. The highest BCUT2D eigenvalue weighted by molar-refractivity contribution is 5.82. The molecule has 0 heterocycles. The van der Waals surface area contributed by atoms with E-state index in [1.165, 1.54) is 0 Å². The van der Waals surface area contributed by atoms with Crippen molar-refractivity contribution >= 4 is 11.9 Å². The summed E-state index contributed by atoms with van der Waals surface area (Å²) in [6, 6.07) is 17.0. The van der Waals surface area contributed by atoms with Gasteiger partial charge in [0, 0.05) is 6.21 Å². The molecule has 0 aliphatic heterocycles. The van der Waals surface area contributed by atoms with Crippen molar-refractivity contribution in [3.8, 4) is 11.8 Å². The monoisotopic (exact) mass is 250 g/mol. The molecule has 0 spiro atoms. The van der Waals surface area contributed by atoms with Crippen LogP contribution in [-0.4, -0.2) is 12.8 Å². The molecule has 0 amide bonds. The van der Waals surface area contributed by atoms with Crippen LogP contribution in [0.2, 0.25) is 0 Å². The van der Waals surface area contributed by atoms with E-state index in [4.69, 9.17) is 10.00 Å². The lowest BCUT2D eigenvalue weighted by Gasteiger charge is -2.02. The Labute approximate surface area is 112 Å². The van der Waals surface area contributed by atoms with Gasteiger partial charge in [-0.05, 0) is 48.9 Å². The lowest BCUT2D eigenvalue weighted by Crippen LogP contribution is -1.89. The van der Waals surface area contributed by atoms with Crippen LogP contribution >= 0.6 is 0 Å². The van der Waals surface area contributed by atoms with E-state index in [1.807, 2.05) is 43.3 Å². The Morgan fingerprint density at radius 2 is 1.79 bits per heavy atom.